The highest BCUT2D eigenvalue weighted by Gasteiger charge is 2.22. The summed E-state index contributed by atoms with van der Waals surface area (Å²) in [5.41, 5.74) is 2.49. The summed E-state index contributed by atoms with van der Waals surface area (Å²) in [6, 6.07) is 11.2. The van der Waals surface area contributed by atoms with Crippen LogP contribution in [0.25, 0.3) is 0 Å². The van der Waals surface area contributed by atoms with Crippen LogP contribution in [0.3, 0.4) is 0 Å². The van der Waals surface area contributed by atoms with E-state index in [0.29, 0.717) is 0 Å². The van der Waals surface area contributed by atoms with Crippen LogP contribution in [0.2, 0.25) is 0 Å². The second kappa shape index (κ2) is 6.21. The maximum atomic E-state index is 9.01. The predicted octanol–water partition coefficient (Wildman–Crippen LogP) is 3.67. The molecule has 104 valence electrons. The van der Waals surface area contributed by atoms with E-state index in [1.54, 1.807) is 0 Å². The minimum absolute atomic E-state index is 0.0812. The van der Waals surface area contributed by atoms with Crippen LogP contribution < -0.4 is 5.32 Å². The summed E-state index contributed by atoms with van der Waals surface area (Å²) in [6.45, 7) is 12.2. The Morgan fingerprint density at radius 3 is 2.11 bits per heavy atom. The lowest BCUT2D eigenvalue weighted by Crippen LogP contribution is -2.37. The van der Waals surface area contributed by atoms with Crippen molar-refractivity contribution in [3.63, 3.8) is 0 Å². The van der Waals surface area contributed by atoms with E-state index >= 15 is 0 Å². The van der Waals surface area contributed by atoms with Crippen LogP contribution in [0.5, 0.6) is 0 Å². The van der Waals surface area contributed by atoms with Gasteiger partial charge in [0.05, 0.1) is 11.5 Å². The molecule has 0 heterocycles. The molecule has 0 spiro atoms. The molecule has 1 N–H and O–H groups in total. The van der Waals surface area contributed by atoms with Gasteiger partial charge < -0.3 is 5.32 Å². The molecule has 0 aromatic heterocycles. The van der Waals surface area contributed by atoms with Gasteiger partial charge in [-0.1, -0.05) is 45.0 Å². The molecule has 19 heavy (non-hydrogen) atoms. The van der Waals surface area contributed by atoms with Crippen molar-refractivity contribution < 1.29 is 0 Å². The molecule has 0 bridgehead atoms. The summed E-state index contributed by atoms with van der Waals surface area (Å²) in [6.07, 6.45) is 1.08. The fraction of sp³-hybridized carbons (Fsp3) is 0.588. The highest BCUT2D eigenvalue weighted by molar-refractivity contribution is 5.28. The van der Waals surface area contributed by atoms with Crippen LogP contribution in [0.1, 0.15) is 45.7 Å². The Balaban J connectivity index is 2.62. The zero-order valence-electron chi connectivity index (χ0n) is 12.9. The number of hydrogen-bond donors (Lipinski definition) is 1. The van der Waals surface area contributed by atoms with Gasteiger partial charge in [0.15, 0.2) is 0 Å². The SMILES string of the molecule is CCc1ccc(C(C)(C)CNCC(C)(C)C#N)cc1. The topological polar surface area (TPSA) is 35.8 Å². The summed E-state index contributed by atoms with van der Waals surface area (Å²) in [5, 5.41) is 12.4. The van der Waals surface area contributed by atoms with Gasteiger partial charge in [-0.25, -0.2) is 0 Å². The minimum Gasteiger partial charge on any atom is -0.314 e. The highest BCUT2D eigenvalue weighted by Crippen LogP contribution is 2.23. The molecule has 0 unspecified atom stereocenters. The van der Waals surface area contributed by atoms with Crippen molar-refractivity contribution in [3.8, 4) is 6.07 Å². The zero-order valence-corrected chi connectivity index (χ0v) is 12.9. The van der Waals surface area contributed by atoms with Crippen molar-refractivity contribution in [1.29, 1.82) is 5.26 Å². The Bertz CT molecular complexity index is 435. The van der Waals surface area contributed by atoms with Crippen LogP contribution in [0.15, 0.2) is 24.3 Å². The standard InChI is InChI=1S/C17H26N2/c1-6-14-7-9-15(10-8-14)17(4,5)13-19-12-16(2,3)11-18/h7-10,19H,6,12-13H2,1-5H3. The van der Waals surface area contributed by atoms with E-state index in [1.807, 2.05) is 13.8 Å². The van der Waals surface area contributed by atoms with E-state index in [2.05, 4.69) is 56.4 Å². The van der Waals surface area contributed by atoms with E-state index in [-0.39, 0.29) is 10.8 Å². The van der Waals surface area contributed by atoms with Crippen LogP contribution >= 0.6 is 0 Å². The number of nitrogens with zero attached hydrogens (tertiary/aromatic N) is 1. The van der Waals surface area contributed by atoms with Gasteiger partial charge in [0, 0.05) is 18.5 Å². The molecule has 2 nitrogen and oxygen atoms in total. The van der Waals surface area contributed by atoms with Gasteiger partial charge in [-0.05, 0) is 31.4 Å². The van der Waals surface area contributed by atoms with Crippen molar-refractivity contribution in [2.24, 2.45) is 5.41 Å². The number of benzene rings is 1. The minimum atomic E-state index is -0.303. The molecule has 2 heteroatoms. The third kappa shape index (κ3) is 4.69. The number of nitriles is 1. The molecule has 0 fully saturated rings. The van der Waals surface area contributed by atoms with Gasteiger partial charge in [-0.15, -0.1) is 0 Å². The Hall–Kier alpha value is -1.33. The van der Waals surface area contributed by atoms with E-state index < -0.39 is 0 Å². The number of nitrogens with one attached hydrogen (secondary N) is 1. The quantitative estimate of drug-likeness (QED) is 0.845. The second-order valence-corrected chi connectivity index (χ2v) is 6.53. The summed E-state index contributed by atoms with van der Waals surface area (Å²) < 4.78 is 0. The first-order chi connectivity index (χ1) is 8.80. The molecule has 0 aliphatic rings. The zero-order chi connectivity index (χ0) is 14.5. The van der Waals surface area contributed by atoms with Gasteiger partial charge in [-0.2, -0.15) is 5.26 Å². The summed E-state index contributed by atoms with van der Waals surface area (Å²) in [5.74, 6) is 0. The Labute approximate surface area is 117 Å². The van der Waals surface area contributed by atoms with Crippen molar-refractivity contribution in [1.82, 2.24) is 5.32 Å². The molecular formula is C17H26N2. The fourth-order valence-corrected chi connectivity index (χ4v) is 2.02. The first-order valence-corrected chi connectivity index (χ1v) is 7.02. The normalized spacial score (nSPS) is 12.2. The maximum Gasteiger partial charge on any atom is 0.0697 e. The molecule has 0 saturated carbocycles. The number of hydrogen-bond acceptors (Lipinski definition) is 2. The molecule has 0 atom stereocenters. The van der Waals surface area contributed by atoms with E-state index in [4.69, 9.17) is 5.26 Å². The summed E-state index contributed by atoms with van der Waals surface area (Å²) >= 11 is 0. The Kier molecular flexibility index (Phi) is 5.14. The van der Waals surface area contributed by atoms with E-state index in [9.17, 15) is 0 Å². The summed E-state index contributed by atoms with van der Waals surface area (Å²) in [7, 11) is 0. The van der Waals surface area contributed by atoms with E-state index in [1.165, 1.54) is 11.1 Å². The first kappa shape index (κ1) is 15.7. The molecule has 1 rings (SSSR count). The first-order valence-electron chi connectivity index (χ1n) is 7.02. The largest absolute Gasteiger partial charge is 0.314 e. The molecule has 1 aromatic rings. The van der Waals surface area contributed by atoms with Crippen molar-refractivity contribution in [2.75, 3.05) is 13.1 Å². The van der Waals surface area contributed by atoms with E-state index in [0.717, 1.165) is 19.5 Å². The van der Waals surface area contributed by atoms with Crippen molar-refractivity contribution >= 4 is 0 Å². The number of aryl methyl sites for hydroxylation is 1. The van der Waals surface area contributed by atoms with Gasteiger partial charge >= 0.3 is 0 Å². The highest BCUT2D eigenvalue weighted by atomic mass is 14.9. The molecule has 0 amide bonds. The Morgan fingerprint density at radius 2 is 1.63 bits per heavy atom. The monoisotopic (exact) mass is 258 g/mol. The molecular weight excluding hydrogens is 232 g/mol. The van der Waals surface area contributed by atoms with Crippen molar-refractivity contribution in [3.05, 3.63) is 35.4 Å². The van der Waals surface area contributed by atoms with Crippen molar-refractivity contribution in [2.45, 2.75) is 46.5 Å². The van der Waals surface area contributed by atoms with Crippen LogP contribution in [-0.4, -0.2) is 13.1 Å². The molecule has 0 radical (unpaired) electrons. The maximum absolute atomic E-state index is 9.01. The Morgan fingerprint density at radius 1 is 1.05 bits per heavy atom. The lowest BCUT2D eigenvalue weighted by atomic mass is 9.83. The average molecular weight is 258 g/mol. The summed E-state index contributed by atoms with van der Waals surface area (Å²) in [4.78, 5) is 0. The fourth-order valence-electron chi connectivity index (χ4n) is 2.02. The van der Waals surface area contributed by atoms with Gasteiger partial charge in [0.25, 0.3) is 0 Å². The lowest BCUT2D eigenvalue weighted by Gasteiger charge is -2.27. The average Bonchev–Trinajstić information content (AvgIpc) is 2.38. The van der Waals surface area contributed by atoms with Gasteiger partial charge in [-0.3, -0.25) is 0 Å². The number of rotatable bonds is 6. The molecule has 0 aliphatic heterocycles. The van der Waals surface area contributed by atoms with Crippen LogP contribution in [-0.2, 0) is 11.8 Å². The second-order valence-electron chi connectivity index (χ2n) is 6.53. The molecule has 1 aromatic carbocycles. The third-order valence-electron chi connectivity index (χ3n) is 3.58. The molecule has 0 aliphatic carbocycles. The van der Waals surface area contributed by atoms with Crippen LogP contribution in [0.4, 0.5) is 0 Å². The van der Waals surface area contributed by atoms with Crippen LogP contribution in [0, 0.1) is 16.7 Å². The van der Waals surface area contributed by atoms with Gasteiger partial charge in [0.1, 0.15) is 0 Å². The third-order valence-corrected chi connectivity index (χ3v) is 3.58. The smallest absolute Gasteiger partial charge is 0.0697 e. The van der Waals surface area contributed by atoms with Gasteiger partial charge in [0.2, 0.25) is 0 Å². The lowest BCUT2D eigenvalue weighted by molar-refractivity contribution is 0.397. The predicted molar refractivity (Wildman–Crippen MR) is 81.1 cm³/mol. The molecule has 0 saturated heterocycles.